The van der Waals surface area contributed by atoms with Crippen molar-refractivity contribution in [1.29, 1.82) is 0 Å². The molecule has 0 radical (unpaired) electrons. The molecule has 0 bridgehead atoms. The van der Waals surface area contributed by atoms with Crippen molar-refractivity contribution in [3.63, 3.8) is 0 Å². The predicted molar refractivity (Wildman–Crippen MR) is 117 cm³/mol. The number of benzene rings is 2. The zero-order valence-electron chi connectivity index (χ0n) is 16.6. The number of halogens is 1. The lowest BCUT2D eigenvalue weighted by atomic mass is 10.1. The van der Waals surface area contributed by atoms with Crippen LogP contribution in [-0.4, -0.2) is 22.0 Å². The number of carbonyl (C=O) groups excluding carboxylic acids is 1. The molecule has 0 aliphatic heterocycles. The largest absolute Gasteiger partial charge is 0.491 e. The van der Waals surface area contributed by atoms with Crippen LogP contribution in [0.3, 0.4) is 0 Å². The van der Waals surface area contributed by atoms with E-state index < -0.39 is 0 Å². The molecule has 4 rings (SSSR count). The number of nitrogens with zero attached hydrogens (tertiary/aromatic N) is 3. The van der Waals surface area contributed by atoms with E-state index >= 15 is 0 Å². The Morgan fingerprint density at radius 3 is 2.67 bits per heavy atom. The molecule has 30 heavy (non-hydrogen) atoms. The zero-order chi connectivity index (χ0) is 21.1. The first kappa shape index (κ1) is 20.0. The van der Waals surface area contributed by atoms with Gasteiger partial charge in [-0.3, -0.25) is 14.7 Å². The van der Waals surface area contributed by atoms with Crippen LogP contribution in [0, 0.1) is 5.82 Å². The van der Waals surface area contributed by atoms with Crippen molar-refractivity contribution >= 4 is 32.6 Å². The van der Waals surface area contributed by atoms with E-state index in [-0.39, 0.29) is 17.8 Å². The number of amides is 1. The summed E-state index contributed by atoms with van der Waals surface area (Å²) in [6.45, 7) is 4.20. The summed E-state index contributed by atoms with van der Waals surface area (Å²) >= 11 is 1.28. The van der Waals surface area contributed by atoms with E-state index in [0.717, 1.165) is 5.56 Å². The molecule has 0 saturated heterocycles. The minimum atomic E-state index is -0.330. The molecule has 7 heteroatoms. The molecule has 1 amide bonds. The predicted octanol–water partition coefficient (Wildman–Crippen LogP) is 5.46. The molecule has 152 valence electrons. The first-order valence-corrected chi connectivity index (χ1v) is 10.3. The lowest BCUT2D eigenvalue weighted by Gasteiger charge is -2.20. The van der Waals surface area contributed by atoms with Gasteiger partial charge < -0.3 is 4.74 Å². The lowest BCUT2D eigenvalue weighted by Crippen LogP contribution is -2.30. The van der Waals surface area contributed by atoms with E-state index in [1.54, 1.807) is 47.6 Å². The molecule has 2 aromatic heterocycles. The molecule has 0 atom stereocenters. The molecule has 0 fully saturated rings. The average molecular weight is 421 g/mol. The Hall–Kier alpha value is -3.32. The van der Waals surface area contributed by atoms with Gasteiger partial charge >= 0.3 is 0 Å². The number of ether oxygens (including phenoxy) is 1. The summed E-state index contributed by atoms with van der Waals surface area (Å²) < 4.78 is 20.0. The fraction of sp³-hybridized carbons (Fsp3) is 0.174. The Bertz CT molecular complexity index is 1160. The fourth-order valence-electron chi connectivity index (χ4n) is 3.01. The monoisotopic (exact) mass is 421 g/mol. The number of aromatic nitrogens is 2. The van der Waals surface area contributed by atoms with Crippen LogP contribution < -0.4 is 9.64 Å². The van der Waals surface area contributed by atoms with Gasteiger partial charge in [0, 0.05) is 18.0 Å². The Labute approximate surface area is 177 Å². The van der Waals surface area contributed by atoms with Crippen LogP contribution in [0.25, 0.3) is 10.2 Å². The normalized spacial score (nSPS) is 11.1. The highest BCUT2D eigenvalue weighted by molar-refractivity contribution is 7.22. The molecule has 0 N–H and O–H groups in total. The molecule has 0 aliphatic rings. The summed E-state index contributed by atoms with van der Waals surface area (Å²) in [6, 6.07) is 15.2. The van der Waals surface area contributed by atoms with Gasteiger partial charge in [-0.1, -0.05) is 17.4 Å². The summed E-state index contributed by atoms with van der Waals surface area (Å²) in [6.07, 6.45) is 3.45. The van der Waals surface area contributed by atoms with Crippen LogP contribution in [0.5, 0.6) is 5.75 Å². The molecule has 2 aromatic carbocycles. The van der Waals surface area contributed by atoms with Crippen LogP contribution in [-0.2, 0) is 6.54 Å². The molecular weight excluding hydrogens is 401 g/mol. The number of carbonyl (C=O) groups is 1. The highest BCUT2D eigenvalue weighted by Gasteiger charge is 2.22. The molecule has 2 heterocycles. The Morgan fingerprint density at radius 2 is 1.97 bits per heavy atom. The van der Waals surface area contributed by atoms with Crippen molar-refractivity contribution in [1.82, 2.24) is 9.97 Å². The number of hydrogen-bond acceptors (Lipinski definition) is 5. The van der Waals surface area contributed by atoms with E-state index in [2.05, 4.69) is 9.97 Å². The van der Waals surface area contributed by atoms with Crippen LogP contribution in [0.4, 0.5) is 9.52 Å². The first-order valence-electron chi connectivity index (χ1n) is 9.53. The fourth-order valence-corrected chi connectivity index (χ4v) is 3.99. The Balaban J connectivity index is 1.69. The van der Waals surface area contributed by atoms with Crippen molar-refractivity contribution in [3.05, 3.63) is 83.9 Å². The van der Waals surface area contributed by atoms with E-state index in [0.29, 0.717) is 33.2 Å². The number of pyridine rings is 1. The van der Waals surface area contributed by atoms with Gasteiger partial charge in [-0.15, -0.1) is 0 Å². The minimum absolute atomic E-state index is 0.0526. The summed E-state index contributed by atoms with van der Waals surface area (Å²) in [4.78, 5) is 23.7. The van der Waals surface area contributed by atoms with Crippen molar-refractivity contribution in [3.8, 4) is 5.75 Å². The Morgan fingerprint density at radius 1 is 1.17 bits per heavy atom. The van der Waals surface area contributed by atoms with Gasteiger partial charge in [0.25, 0.3) is 5.91 Å². The number of hydrogen-bond donors (Lipinski definition) is 0. The highest BCUT2D eigenvalue weighted by atomic mass is 32.1. The molecule has 0 spiro atoms. The van der Waals surface area contributed by atoms with Gasteiger partial charge in [-0.25, -0.2) is 9.37 Å². The average Bonchev–Trinajstić information content (AvgIpc) is 3.15. The molecule has 4 aromatic rings. The topological polar surface area (TPSA) is 55.3 Å². The second-order valence-corrected chi connectivity index (χ2v) is 8.06. The van der Waals surface area contributed by atoms with Crippen molar-refractivity contribution in [2.45, 2.75) is 26.5 Å². The number of fused-ring (bicyclic) bond motifs is 1. The van der Waals surface area contributed by atoms with Gasteiger partial charge in [-0.2, -0.15) is 0 Å². The van der Waals surface area contributed by atoms with Crippen molar-refractivity contribution in [2.75, 3.05) is 4.90 Å². The molecule has 0 aliphatic carbocycles. The van der Waals surface area contributed by atoms with Gasteiger partial charge in [-0.05, 0) is 67.9 Å². The van der Waals surface area contributed by atoms with Crippen LogP contribution >= 0.6 is 11.3 Å². The van der Waals surface area contributed by atoms with Crippen LogP contribution in [0.1, 0.15) is 29.8 Å². The van der Waals surface area contributed by atoms with Gasteiger partial charge in [0.2, 0.25) is 0 Å². The Kier molecular flexibility index (Phi) is 5.72. The third kappa shape index (κ3) is 4.46. The number of thiazole rings is 1. The third-order valence-corrected chi connectivity index (χ3v) is 5.39. The maximum absolute atomic E-state index is 13.6. The standard InChI is InChI=1S/C23H20FN3O2S/c1-15(2)29-19-8-5-17(6-9-19)22(28)27(14-16-4-3-11-25-13-16)23-26-20-10-7-18(24)12-21(20)30-23/h3-13,15H,14H2,1-2H3. The summed E-state index contributed by atoms with van der Waals surface area (Å²) in [5.41, 5.74) is 2.04. The third-order valence-electron chi connectivity index (χ3n) is 4.35. The smallest absolute Gasteiger partial charge is 0.260 e. The number of anilines is 1. The first-order chi connectivity index (χ1) is 14.5. The van der Waals surface area contributed by atoms with Crippen molar-refractivity contribution < 1.29 is 13.9 Å². The molecular formula is C23H20FN3O2S. The molecule has 0 unspecified atom stereocenters. The zero-order valence-corrected chi connectivity index (χ0v) is 17.4. The van der Waals surface area contributed by atoms with E-state index in [1.807, 2.05) is 26.0 Å². The maximum atomic E-state index is 13.6. The lowest BCUT2D eigenvalue weighted by molar-refractivity contribution is 0.0985. The van der Waals surface area contributed by atoms with E-state index in [1.165, 1.54) is 23.5 Å². The van der Waals surface area contributed by atoms with E-state index in [4.69, 9.17) is 4.74 Å². The SMILES string of the molecule is CC(C)Oc1ccc(C(=O)N(Cc2cccnc2)c2nc3ccc(F)cc3s2)cc1. The van der Waals surface area contributed by atoms with Crippen LogP contribution in [0.15, 0.2) is 67.0 Å². The highest BCUT2D eigenvalue weighted by Crippen LogP contribution is 2.31. The second-order valence-electron chi connectivity index (χ2n) is 7.05. The summed E-state index contributed by atoms with van der Waals surface area (Å²) in [5, 5.41) is 0.506. The van der Waals surface area contributed by atoms with Gasteiger partial charge in [0.15, 0.2) is 5.13 Å². The van der Waals surface area contributed by atoms with E-state index in [9.17, 15) is 9.18 Å². The second kappa shape index (κ2) is 8.59. The molecule has 0 saturated carbocycles. The minimum Gasteiger partial charge on any atom is -0.491 e. The maximum Gasteiger partial charge on any atom is 0.260 e. The summed E-state index contributed by atoms with van der Waals surface area (Å²) in [5.74, 6) is 0.175. The number of rotatable bonds is 6. The quantitative estimate of drug-likeness (QED) is 0.415. The van der Waals surface area contributed by atoms with Crippen molar-refractivity contribution in [2.24, 2.45) is 0 Å². The van der Waals surface area contributed by atoms with Gasteiger partial charge in [0.05, 0.1) is 22.9 Å². The van der Waals surface area contributed by atoms with Crippen LogP contribution in [0.2, 0.25) is 0 Å². The van der Waals surface area contributed by atoms with Gasteiger partial charge in [0.1, 0.15) is 11.6 Å². The summed E-state index contributed by atoms with van der Waals surface area (Å²) in [7, 11) is 0. The molecule has 5 nitrogen and oxygen atoms in total.